The average Bonchev–Trinajstić information content (AvgIpc) is 2.38. The number of piperidine rings is 1. The van der Waals surface area contributed by atoms with Crippen molar-refractivity contribution in [2.75, 3.05) is 24.6 Å². The van der Waals surface area contributed by atoms with Crippen molar-refractivity contribution >= 4 is 17.7 Å². The Balaban J connectivity index is 2.00. The van der Waals surface area contributed by atoms with Gasteiger partial charge in [-0.25, -0.2) is 0 Å². The molecule has 2 aliphatic heterocycles. The van der Waals surface area contributed by atoms with Crippen LogP contribution in [-0.2, 0) is 4.79 Å². The highest BCUT2D eigenvalue weighted by molar-refractivity contribution is 7.99. The Morgan fingerprint density at radius 1 is 1.35 bits per heavy atom. The lowest BCUT2D eigenvalue weighted by molar-refractivity contribution is -0.140. The van der Waals surface area contributed by atoms with E-state index in [2.05, 4.69) is 11.8 Å². The van der Waals surface area contributed by atoms with Crippen molar-refractivity contribution in [1.82, 2.24) is 4.90 Å². The van der Waals surface area contributed by atoms with Crippen LogP contribution >= 0.6 is 11.8 Å². The Hall–Kier alpha value is -0.220. The third kappa shape index (κ3) is 2.97. The normalized spacial score (nSPS) is 31.5. The standard InChI is InChI=1S/C13H24N2OS/c1-10-3-2-6-15(12(10)9-14)13(16)11-4-7-17-8-5-11/h10-12H,2-9,14H2,1H3/t10-,12+/m0/s1. The molecular formula is C13H24N2OS. The summed E-state index contributed by atoms with van der Waals surface area (Å²) in [5.74, 6) is 3.51. The second kappa shape index (κ2) is 6.10. The van der Waals surface area contributed by atoms with E-state index in [1.54, 1.807) is 0 Å². The molecule has 0 aliphatic carbocycles. The fraction of sp³-hybridized carbons (Fsp3) is 0.923. The number of carbonyl (C=O) groups is 1. The van der Waals surface area contributed by atoms with Gasteiger partial charge in [-0.2, -0.15) is 11.8 Å². The molecule has 0 aromatic carbocycles. The maximum atomic E-state index is 12.5. The smallest absolute Gasteiger partial charge is 0.226 e. The summed E-state index contributed by atoms with van der Waals surface area (Å²) in [5, 5.41) is 0. The molecule has 4 heteroatoms. The predicted octanol–water partition coefficient (Wildman–Crippen LogP) is 1.72. The van der Waals surface area contributed by atoms with Gasteiger partial charge in [0, 0.05) is 25.0 Å². The molecule has 2 fully saturated rings. The van der Waals surface area contributed by atoms with Crippen LogP contribution in [0.2, 0.25) is 0 Å². The van der Waals surface area contributed by atoms with Crippen molar-refractivity contribution in [1.29, 1.82) is 0 Å². The molecule has 3 nitrogen and oxygen atoms in total. The predicted molar refractivity (Wildman–Crippen MR) is 73.0 cm³/mol. The van der Waals surface area contributed by atoms with Gasteiger partial charge in [0.1, 0.15) is 0 Å². The van der Waals surface area contributed by atoms with E-state index < -0.39 is 0 Å². The van der Waals surface area contributed by atoms with Crippen LogP contribution in [0.15, 0.2) is 0 Å². The van der Waals surface area contributed by atoms with E-state index in [9.17, 15) is 4.79 Å². The van der Waals surface area contributed by atoms with Crippen molar-refractivity contribution in [2.24, 2.45) is 17.6 Å². The van der Waals surface area contributed by atoms with Gasteiger partial charge in [-0.1, -0.05) is 6.92 Å². The zero-order valence-electron chi connectivity index (χ0n) is 10.7. The molecule has 2 rings (SSSR count). The second-order valence-electron chi connectivity index (χ2n) is 5.34. The molecule has 2 atom stereocenters. The number of nitrogens with zero attached hydrogens (tertiary/aromatic N) is 1. The van der Waals surface area contributed by atoms with Crippen molar-refractivity contribution in [3.05, 3.63) is 0 Å². The van der Waals surface area contributed by atoms with Crippen LogP contribution in [0.1, 0.15) is 32.6 Å². The van der Waals surface area contributed by atoms with Gasteiger partial charge in [-0.15, -0.1) is 0 Å². The minimum absolute atomic E-state index is 0.274. The summed E-state index contributed by atoms with van der Waals surface area (Å²) in [6, 6.07) is 0.283. The largest absolute Gasteiger partial charge is 0.338 e. The summed E-state index contributed by atoms with van der Waals surface area (Å²) in [7, 11) is 0. The molecule has 98 valence electrons. The van der Waals surface area contributed by atoms with Gasteiger partial charge < -0.3 is 10.6 Å². The number of likely N-dealkylation sites (tertiary alicyclic amines) is 1. The van der Waals surface area contributed by atoms with Gasteiger partial charge in [-0.3, -0.25) is 4.79 Å². The van der Waals surface area contributed by atoms with Gasteiger partial charge in [0.25, 0.3) is 0 Å². The molecule has 0 aromatic rings. The van der Waals surface area contributed by atoms with Crippen LogP contribution in [0, 0.1) is 11.8 Å². The summed E-state index contributed by atoms with van der Waals surface area (Å²) in [4.78, 5) is 14.6. The first kappa shape index (κ1) is 13.2. The number of hydrogen-bond acceptors (Lipinski definition) is 3. The van der Waals surface area contributed by atoms with Crippen LogP contribution in [0.5, 0.6) is 0 Å². The first-order chi connectivity index (χ1) is 8.24. The quantitative estimate of drug-likeness (QED) is 0.818. The molecule has 0 spiro atoms. The summed E-state index contributed by atoms with van der Waals surface area (Å²) >= 11 is 1.97. The third-order valence-electron chi connectivity index (χ3n) is 4.21. The molecular weight excluding hydrogens is 232 g/mol. The van der Waals surface area contributed by atoms with E-state index in [-0.39, 0.29) is 12.0 Å². The van der Waals surface area contributed by atoms with Gasteiger partial charge in [-0.05, 0) is 43.1 Å². The highest BCUT2D eigenvalue weighted by atomic mass is 32.2. The van der Waals surface area contributed by atoms with Gasteiger partial charge >= 0.3 is 0 Å². The molecule has 2 N–H and O–H groups in total. The molecule has 2 heterocycles. The number of nitrogens with two attached hydrogens (primary N) is 1. The van der Waals surface area contributed by atoms with Gasteiger partial charge in [0.2, 0.25) is 5.91 Å². The van der Waals surface area contributed by atoms with Crippen molar-refractivity contribution in [3.63, 3.8) is 0 Å². The van der Waals surface area contributed by atoms with E-state index >= 15 is 0 Å². The summed E-state index contributed by atoms with van der Waals surface area (Å²) in [6.45, 7) is 3.77. The lowest BCUT2D eigenvalue weighted by Gasteiger charge is -2.41. The molecule has 0 saturated carbocycles. The Bertz CT molecular complexity index is 266. The van der Waals surface area contributed by atoms with Crippen LogP contribution in [0.3, 0.4) is 0 Å². The Morgan fingerprint density at radius 2 is 2.06 bits per heavy atom. The van der Waals surface area contributed by atoms with Gasteiger partial charge in [0.05, 0.1) is 0 Å². The number of hydrogen-bond donors (Lipinski definition) is 1. The lowest BCUT2D eigenvalue weighted by atomic mass is 9.89. The van der Waals surface area contributed by atoms with E-state index in [0.717, 1.165) is 37.3 Å². The summed E-state index contributed by atoms with van der Waals surface area (Å²) < 4.78 is 0. The van der Waals surface area contributed by atoms with Gasteiger partial charge in [0.15, 0.2) is 0 Å². The monoisotopic (exact) mass is 256 g/mol. The summed E-state index contributed by atoms with van der Waals surface area (Å²) in [5.41, 5.74) is 5.85. The zero-order valence-corrected chi connectivity index (χ0v) is 11.5. The number of thioether (sulfide) groups is 1. The Labute approximate surface area is 108 Å². The molecule has 0 bridgehead atoms. The minimum Gasteiger partial charge on any atom is -0.338 e. The molecule has 17 heavy (non-hydrogen) atoms. The molecule has 0 radical (unpaired) electrons. The molecule has 2 saturated heterocycles. The lowest BCUT2D eigenvalue weighted by Crippen LogP contribution is -2.53. The van der Waals surface area contributed by atoms with E-state index in [1.165, 1.54) is 6.42 Å². The SMILES string of the molecule is C[C@H]1CCCN(C(=O)C2CCSCC2)[C@@H]1CN. The number of rotatable bonds is 2. The maximum absolute atomic E-state index is 12.5. The molecule has 2 aliphatic rings. The van der Waals surface area contributed by atoms with Crippen LogP contribution in [-0.4, -0.2) is 41.4 Å². The fourth-order valence-electron chi connectivity index (χ4n) is 3.06. The van der Waals surface area contributed by atoms with Crippen molar-refractivity contribution in [3.8, 4) is 0 Å². The Kier molecular flexibility index (Phi) is 4.74. The first-order valence-corrected chi connectivity index (χ1v) is 7.97. The molecule has 0 aromatic heterocycles. The van der Waals surface area contributed by atoms with Crippen molar-refractivity contribution < 1.29 is 4.79 Å². The molecule has 1 amide bonds. The van der Waals surface area contributed by atoms with E-state index in [1.807, 2.05) is 11.8 Å². The second-order valence-corrected chi connectivity index (χ2v) is 6.57. The van der Waals surface area contributed by atoms with Crippen LogP contribution < -0.4 is 5.73 Å². The fourth-order valence-corrected chi connectivity index (χ4v) is 4.17. The zero-order chi connectivity index (χ0) is 12.3. The maximum Gasteiger partial charge on any atom is 0.226 e. The highest BCUT2D eigenvalue weighted by Crippen LogP contribution is 2.29. The van der Waals surface area contributed by atoms with Crippen molar-refractivity contribution in [2.45, 2.75) is 38.6 Å². The van der Waals surface area contributed by atoms with Crippen LogP contribution in [0.25, 0.3) is 0 Å². The Morgan fingerprint density at radius 3 is 2.71 bits per heavy atom. The highest BCUT2D eigenvalue weighted by Gasteiger charge is 2.34. The van der Waals surface area contributed by atoms with Crippen LogP contribution in [0.4, 0.5) is 0 Å². The first-order valence-electron chi connectivity index (χ1n) is 6.82. The topological polar surface area (TPSA) is 46.3 Å². The molecule has 0 unspecified atom stereocenters. The summed E-state index contributed by atoms with van der Waals surface area (Å²) in [6.07, 6.45) is 4.48. The van der Waals surface area contributed by atoms with E-state index in [0.29, 0.717) is 18.4 Å². The third-order valence-corrected chi connectivity index (χ3v) is 5.26. The number of amides is 1. The average molecular weight is 256 g/mol. The number of carbonyl (C=O) groups excluding carboxylic acids is 1. The van der Waals surface area contributed by atoms with E-state index in [4.69, 9.17) is 5.73 Å². The minimum atomic E-state index is 0.274.